The maximum absolute atomic E-state index is 16.0. The molecule has 12 aromatic heterocycles. The number of anilines is 6. The van der Waals surface area contributed by atoms with E-state index in [0.717, 1.165) is 40.9 Å². The lowest BCUT2D eigenvalue weighted by molar-refractivity contribution is -0.0576. The topological polar surface area (TPSA) is 822 Å². The molecule has 0 aromatic carbocycles. The number of nitrogens with two attached hydrogens (primary N) is 6. The molecule has 60 nitrogen and oxygen atoms in total. The third-order valence-corrected chi connectivity index (χ3v) is 33.8. The molecule has 714 valence electrons. The van der Waals surface area contributed by atoms with Gasteiger partial charge in [0.1, 0.15) is 96.4 Å². The Balaban J connectivity index is 0.000000129. The van der Waals surface area contributed by atoms with Gasteiger partial charge in [-0.15, -0.1) is 38.8 Å². The Morgan fingerprint density at radius 3 is 1.53 bits per heavy atom. The quantitative estimate of drug-likeness (QED) is 0.0630. The predicted octanol–water partition coefficient (Wildman–Crippen LogP) is -2.03. The number of nitrogens with one attached hydrogen (secondary N) is 3. The van der Waals surface area contributed by atoms with E-state index in [0.29, 0.717) is 22.5 Å². The zero-order valence-electron chi connectivity index (χ0n) is 66.1. The van der Waals surface area contributed by atoms with Crippen LogP contribution >= 0.6 is 76.2 Å². The number of thiol groups is 1. The van der Waals surface area contributed by atoms with Crippen molar-refractivity contribution in [2.75, 3.05) is 74.0 Å². The van der Waals surface area contributed by atoms with Crippen molar-refractivity contribution in [1.29, 1.82) is 0 Å². The summed E-state index contributed by atoms with van der Waals surface area (Å²) in [6.45, 7) is -27.6. The number of aliphatic hydroxyl groups is 2. The third-order valence-electron chi connectivity index (χ3n) is 21.3. The molecule has 9 aliphatic heterocycles. The largest absolute Gasteiger partial charge is 0.389 e. The highest BCUT2D eigenvalue weighted by Gasteiger charge is 2.57. The van der Waals surface area contributed by atoms with Crippen molar-refractivity contribution in [2.45, 2.75) is 144 Å². The van der Waals surface area contributed by atoms with Gasteiger partial charge in [0.05, 0.1) is 99.1 Å². The van der Waals surface area contributed by atoms with Gasteiger partial charge < -0.3 is 120 Å². The lowest BCUT2D eigenvalue weighted by atomic mass is 10.1. The SMILES string of the molecule is Nc1nc2c(ncn2[C@@H]2O[C@@H]3COP(O)(=S)O[C@H]4C[C@H](n5cnc6c(N)ncnc65)O[C@@H]4COP(=O)(S)O[C@@H]2[C@@H]3F)c(=O)[nH]1.Nc1nc2c(nnn2[C@@H]2S[C@@H]3COP(O)(=S)O[C@H]4C[C@H](c5cnc6c(N)ncnn56)O[C@@H]4COP(O)(=S)O[C@@H]2[C@@H]3O)c(=O)[nH]1.Nc1nc2c(nnn2[C@@H]2S[C@@H]3COP(O)(=S)O[C@H]4[C@H](F)[C@H](n5nnc6c(N)ncnc65)O[C@@H]4COP(O)(=S)O[C@@H]2[C@@H]3O)c(=O)[nH]1. The summed E-state index contributed by atoms with van der Waals surface area (Å²) in [5.74, 6) is -0.314. The van der Waals surface area contributed by atoms with E-state index in [2.05, 4.69) is 118 Å². The minimum Gasteiger partial charge on any atom is -0.389 e. The second kappa shape index (κ2) is 36.5. The Morgan fingerprint density at radius 2 is 0.917 bits per heavy atom. The number of nitrogen functional groups attached to an aromatic ring is 6. The van der Waals surface area contributed by atoms with Crippen LogP contribution < -0.4 is 51.1 Å². The van der Waals surface area contributed by atoms with Crippen molar-refractivity contribution in [1.82, 2.24) is 134 Å². The highest BCUT2D eigenvalue weighted by molar-refractivity contribution is 8.44. The van der Waals surface area contributed by atoms with Gasteiger partial charge in [0.2, 0.25) is 17.8 Å². The van der Waals surface area contributed by atoms with E-state index in [4.69, 9.17) is 167 Å². The zero-order valence-corrected chi connectivity index (χ0v) is 78.0. The van der Waals surface area contributed by atoms with Crippen LogP contribution in [0.1, 0.15) is 54.1 Å². The summed E-state index contributed by atoms with van der Waals surface area (Å²) in [7, 11) is 0. The molecule has 22 N–H and O–H groups in total. The van der Waals surface area contributed by atoms with Gasteiger partial charge in [0.25, 0.3) is 16.7 Å². The monoisotopic (exact) mass is 2130 g/mol. The molecule has 6 bridgehead atoms. The van der Waals surface area contributed by atoms with E-state index >= 15 is 8.78 Å². The summed E-state index contributed by atoms with van der Waals surface area (Å²) in [5.41, 5.74) is 34.0. The molecule has 6 unspecified atom stereocenters. The number of rotatable bonds is 6. The van der Waals surface area contributed by atoms with Gasteiger partial charge in [0, 0.05) is 12.8 Å². The van der Waals surface area contributed by atoms with Crippen LogP contribution in [0.4, 0.5) is 44.1 Å². The molecule has 21 rings (SSSR count). The lowest BCUT2D eigenvalue weighted by Gasteiger charge is -2.27. The first-order valence-electron chi connectivity index (χ1n) is 38.2. The first-order chi connectivity index (χ1) is 63.1. The molecular weight excluding hydrogens is 2060 g/mol. The number of aromatic amines is 3. The minimum atomic E-state index is -4.35. The highest BCUT2D eigenvalue weighted by Crippen LogP contribution is 2.62. The Hall–Kier alpha value is -7.24. The summed E-state index contributed by atoms with van der Waals surface area (Å²) >= 11 is 32.4. The lowest BCUT2D eigenvalue weighted by Crippen LogP contribution is -2.35. The normalized spacial score (nSPS) is 36.9. The molecule has 28 atom stereocenters. The molecule has 133 heavy (non-hydrogen) atoms. The van der Waals surface area contributed by atoms with E-state index in [1.165, 1.54) is 43.6 Å². The van der Waals surface area contributed by atoms with Crippen LogP contribution in [0.5, 0.6) is 0 Å². The van der Waals surface area contributed by atoms with E-state index in [-0.39, 0.29) is 106 Å². The van der Waals surface area contributed by atoms with Crippen molar-refractivity contribution in [3.8, 4) is 0 Å². The standard InChI is InChI=1S/C20H23FN10O9P2S2.C19H23N11O9P2S3.C18H21FN12O9P2S3/c21-11-9-3-36-41(33,43)39-7-1-10(30-5-26-12-15(22)24-4-25-16(12)30)37-8(7)2-35-42(34,44)40-14(11)19(38-9)31-6-27-13-17(31)28-20(23)29-18(13)32;20-14-16-22-2-6(29(16)24-5-23-14)7-1-8-9(37-7)3-35-41(34,43)39-13-12(31)10(4-36-40(33,42)38-8)44-18(13)30-15-11(27-28-30)17(32)26-19(21)25-15;19-6-10-4(38-16(6)30-13-7(26-28-30)12(20)22-3-23-13)1-36-41(34,43)40-11-9(32)5(2-37-42(35,44)39-10)45-17(11)31-14-8(27-29-31)15(33)25-18(21)24-14/h4-11,14,19H,1-3H2,(H,33,43)(H,34,44)(H2,22,24,25)(H3,23,28,29,32);2,5,7-10,12-13,18,31H,1,3-4H2,(H,33,42)(H,34,43)(H2,20,23,24)(H3,21,25,26,32);3-6,9-11,16-17,32H,1-2H2,(H,34,43)(H,35,44)(H2,20,22,23)(H3,21,24,25,33)/t7-,8+,9+,10+,11+,14+,19+,41?,42?;7-,8+,9-,10-,12-,13-,18-,40?,41?;4-,5-,6+,9-,10-,11-,16-,17-,41?,42?/m011/s1. The number of hydrogen-bond donors (Lipinski definition) is 17. The van der Waals surface area contributed by atoms with Crippen molar-refractivity contribution in [2.24, 2.45) is 0 Å². The van der Waals surface area contributed by atoms with E-state index in [9.17, 15) is 53.6 Å². The fourth-order valence-electron chi connectivity index (χ4n) is 15.4. The Bertz CT molecular complexity index is 6800. The first-order valence-corrected chi connectivity index (χ1v) is 55.8. The number of imidazole rings is 3. The Kier molecular flexibility index (Phi) is 26.0. The van der Waals surface area contributed by atoms with Crippen LogP contribution in [0.2, 0.25) is 0 Å². The summed E-state index contributed by atoms with van der Waals surface area (Å²) < 4.78 is 145. The average Bonchev–Trinajstić information content (AvgIpc) is 1.60. The van der Waals surface area contributed by atoms with Crippen LogP contribution in [-0.2, 0) is 137 Å². The van der Waals surface area contributed by atoms with Crippen LogP contribution in [0.25, 0.3) is 61.5 Å². The van der Waals surface area contributed by atoms with Gasteiger partial charge in [-0.2, -0.15) is 24.7 Å². The van der Waals surface area contributed by atoms with Crippen LogP contribution in [0.15, 0.2) is 52.2 Å². The number of aliphatic hydroxyl groups excluding tert-OH is 2. The minimum absolute atomic E-state index is 0.00247. The molecule has 76 heteroatoms. The zero-order chi connectivity index (χ0) is 93.8. The van der Waals surface area contributed by atoms with Crippen LogP contribution in [-0.4, -0.2) is 304 Å². The van der Waals surface area contributed by atoms with E-state index in [1.807, 2.05) is 0 Å². The number of alkyl halides is 2. The number of H-pyrrole nitrogens is 3. The fourth-order valence-corrected chi connectivity index (χ4v) is 27.4. The van der Waals surface area contributed by atoms with Gasteiger partial charge >= 0.3 is 40.4 Å². The van der Waals surface area contributed by atoms with Gasteiger partial charge in [-0.25, -0.2) is 67.1 Å². The maximum Gasteiger partial charge on any atom is 0.386 e. The van der Waals surface area contributed by atoms with Crippen molar-refractivity contribution in [3.63, 3.8) is 0 Å². The molecule has 21 heterocycles. The van der Waals surface area contributed by atoms with Gasteiger partial charge in [-0.05, 0) is 59.0 Å². The van der Waals surface area contributed by atoms with Gasteiger partial charge in [-0.3, -0.25) is 61.1 Å². The summed E-state index contributed by atoms with van der Waals surface area (Å²) in [4.78, 5) is 144. The molecule has 0 radical (unpaired) electrons. The molecule has 0 amide bonds. The van der Waals surface area contributed by atoms with Crippen molar-refractivity contribution < 1.29 is 121 Å². The second-order valence-electron chi connectivity index (χ2n) is 29.7. The summed E-state index contributed by atoms with van der Waals surface area (Å²) in [6.07, 6.45) is -15.4. The summed E-state index contributed by atoms with van der Waals surface area (Å²) in [6, 6.07) is 0. The molecular formula is C57H67F2N33O27P6S8. The van der Waals surface area contributed by atoms with Crippen LogP contribution in [0, 0.1) is 0 Å². The average molecular weight is 2130 g/mol. The molecule has 9 saturated heterocycles. The van der Waals surface area contributed by atoms with Gasteiger partial charge in [-0.1, -0.05) is 27.9 Å². The molecule has 0 spiro atoms. The molecule has 9 fully saturated rings. The fraction of sp³-hybridized carbons (Fsp3) is 0.526. The molecule has 12 aromatic rings. The second-order valence-corrected chi connectivity index (χ2v) is 49.3. The van der Waals surface area contributed by atoms with Gasteiger partial charge in [0.15, 0.2) is 98.2 Å². The van der Waals surface area contributed by atoms with Crippen LogP contribution in [0.3, 0.4) is 0 Å². The number of ether oxygens (including phenoxy) is 4. The Morgan fingerprint density at radius 1 is 0.444 bits per heavy atom. The number of thioether (sulfide) groups is 2. The third kappa shape index (κ3) is 19.0. The summed E-state index contributed by atoms with van der Waals surface area (Å²) in [5, 5.41) is 46.4. The number of nitrogens with zero attached hydrogens (tertiary/aromatic N) is 24. The van der Waals surface area contributed by atoms with Crippen molar-refractivity contribution >= 4 is 232 Å². The van der Waals surface area contributed by atoms with E-state index < -0.39 is 215 Å². The number of aromatic nitrogens is 27. The first kappa shape index (κ1) is 94.7. The number of hydrogen-bond acceptors (Lipinski definition) is 53. The molecule has 0 saturated carbocycles. The predicted molar refractivity (Wildman–Crippen MR) is 471 cm³/mol. The smallest absolute Gasteiger partial charge is 0.386 e. The Labute approximate surface area is 774 Å². The molecule has 9 aliphatic rings. The highest BCUT2D eigenvalue weighted by atomic mass is 32.7. The number of halogens is 2. The van der Waals surface area contributed by atoms with Crippen molar-refractivity contribution in [3.05, 3.63) is 74.6 Å². The maximum atomic E-state index is 16.0. The molecule has 0 aliphatic carbocycles. The van der Waals surface area contributed by atoms with E-state index in [1.54, 1.807) is 4.57 Å². The number of fused-ring (bicyclic) bond motifs is 15.